The second-order valence-corrected chi connectivity index (χ2v) is 3.89. The molecule has 2 rings (SSSR count). The summed E-state index contributed by atoms with van der Waals surface area (Å²) in [4.78, 5) is 0. The molecular formula is C15H15FO. The summed E-state index contributed by atoms with van der Waals surface area (Å²) in [5, 5.41) is 0. The van der Waals surface area contributed by atoms with Crippen LogP contribution in [-0.4, -0.2) is 7.11 Å². The molecule has 0 N–H and O–H groups in total. The molecule has 0 aliphatic carbocycles. The van der Waals surface area contributed by atoms with Crippen molar-refractivity contribution in [3.63, 3.8) is 0 Å². The predicted molar refractivity (Wildman–Crippen MR) is 67.8 cm³/mol. The Morgan fingerprint density at radius 3 is 2.24 bits per heavy atom. The van der Waals surface area contributed by atoms with Gasteiger partial charge in [-0.15, -0.1) is 0 Å². The van der Waals surface area contributed by atoms with E-state index in [-0.39, 0.29) is 5.82 Å². The summed E-state index contributed by atoms with van der Waals surface area (Å²) in [7, 11) is 1.64. The van der Waals surface area contributed by atoms with Crippen LogP contribution < -0.4 is 4.74 Å². The van der Waals surface area contributed by atoms with Crippen LogP contribution >= 0.6 is 0 Å². The molecule has 1 nitrogen and oxygen atoms in total. The zero-order valence-corrected chi connectivity index (χ0v) is 10.0. The van der Waals surface area contributed by atoms with Crippen LogP contribution in [0, 0.1) is 5.82 Å². The molecule has 0 spiro atoms. The molecule has 0 heterocycles. The molecule has 88 valence electrons. The Hall–Kier alpha value is -1.83. The number of rotatable bonds is 3. The van der Waals surface area contributed by atoms with Crippen LogP contribution in [0.3, 0.4) is 0 Å². The lowest BCUT2D eigenvalue weighted by atomic mass is 10.0. The fraction of sp³-hybridized carbons (Fsp3) is 0.200. The van der Waals surface area contributed by atoms with Gasteiger partial charge in [-0.05, 0) is 47.4 Å². The van der Waals surface area contributed by atoms with E-state index in [1.807, 2.05) is 37.3 Å². The number of ether oxygens (including phenoxy) is 1. The average Bonchev–Trinajstić information content (AvgIpc) is 2.39. The third-order valence-corrected chi connectivity index (χ3v) is 2.85. The van der Waals surface area contributed by atoms with Crippen molar-refractivity contribution in [1.82, 2.24) is 0 Å². The van der Waals surface area contributed by atoms with Crippen LogP contribution in [0.2, 0.25) is 0 Å². The minimum Gasteiger partial charge on any atom is -0.497 e. The fourth-order valence-corrected chi connectivity index (χ4v) is 1.81. The molecule has 2 aromatic carbocycles. The molecule has 0 fully saturated rings. The van der Waals surface area contributed by atoms with Gasteiger partial charge in [0.1, 0.15) is 11.6 Å². The molecule has 2 heteroatoms. The third-order valence-electron chi connectivity index (χ3n) is 2.85. The molecule has 0 aliphatic rings. The van der Waals surface area contributed by atoms with Gasteiger partial charge in [-0.3, -0.25) is 0 Å². The van der Waals surface area contributed by atoms with Gasteiger partial charge in [0.25, 0.3) is 0 Å². The fourth-order valence-electron chi connectivity index (χ4n) is 1.81. The Kier molecular flexibility index (Phi) is 3.43. The van der Waals surface area contributed by atoms with Crippen LogP contribution in [0.1, 0.15) is 12.5 Å². The Morgan fingerprint density at radius 2 is 1.65 bits per heavy atom. The Balaban J connectivity index is 2.38. The van der Waals surface area contributed by atoms with Gasteiger partial charge in [-0.1, -0.05) is 25.1 Å². The maximum absolute atomic E-state index is 13.4. The minimum absolute atomic E-state index is 0.134. The van der Waals surface area contributed by atoms with Crippen LogP contribution in [0.15, 0.2) is 42.5 Å². The molecule has 17 heavy (non-hydrogen) atoms. The quantitative estimate of drug-likeness (QED) is 0.772. The van der Waals surface area contributed by atoms with Crippen molar-refractivity contribution in [1.29, 1.82) is 0 Å². The highest BCUT2D eigenvalue weighted by Gasteiger charge is 2.03. The molecule has 0 saturated carbocycles. The zero-order valence-electron chi connectivity index (χ0n) is 10.0. The van der Waals surface area contributed by atoms with Crippen molar-refractivity contribution in [2.45, 2.75) is 13.3 Å². The molecule has 0 aliphatic heterocycles. The number of aryl methyl sites for hydroxylation is 1. The van der Waals surface area contributed by atoms with Crippen molar-refractivity contribution < 1.29 is 9.13 Å². The van der Waals surface area contributed by atoms with E-state index in [2.05, 4.69) is 0 Å². The van der Waals surface area contributed by atoms with Gasteiger partial charge in [-0.2, -0.15) is 0 Å². The number of hydrogen-bond donors (Lipinski definition) is 0. The minimum atomic E-state index is -0.134. The van der Waals surface area contributed by atoms with Gasteiger partial charge in [-0.25, -0.2) is 4.39 Å². The monoisotopic (exact) mass is 230 g/mol. The van der Waals surface area contributed by atoms with Crippen LogP contribution in [-0.2, 0) is 6.42 Å². The van der Waals surface area contributed by atoms with Gasteiger partial charge < -0.3 is 4.74 Å². The van der Waals surface area contributed by atoms with Gasteiger partial charge in [0, 0.05) is 0 Å². The van der Waals surface area contributed by atoms with Gasteiger partial charge in [0.15, 0.2) is 0 Å². The highest BCUT2D eigenvalue weighted by Crippen LogP contribution is 2.24. The molecule has 0 radical (unpaired) electrons. The Morgan fingerprint density at radius 1 is 1.00 bits per heavy atom. The van der Waals surface area contributed by atoms with Crippen molar-refractivity contribution in [3.05, 3.63) is 53.8 Å². The van der Waals surface area contributed by atoms with E-state index >= 15 is 0 Å². The van der Waals surface area contributed by atoms with E-state index in [1.54, 1.807) is 13.2 Å². The first kappa shape index (κ1) is 11.6. The van der Waals surface area contributed by atoms with E-state index < -0.39 is 0 Å². The molecule has 0 unspecified atom stereocenters. The highest BCUT2D eigenvalue weighted by atomic mass is 19.1. The third kappa shape index (κ3) is 2.47. The summed E-state index contributed by atoms with van der Waals surface area (Å²) in [5.74, 6) is 0.691. The first-order valence-electron chi connectivity index (χ1n) is 5.67. The van der Waals surface area contributed by atoms with Crippen molar-refractivity contribution in [2.24, 2.45) is 0 Å². The molecule has 0 aromatic heterocycles. The number of methoxy groups -OCH3 is 1. The zero-order chi connectivity index (χ0) is 12.3. The molecule has 0 saturated heterocycles. The molecular weight excluding hydrogens is 215 g/mol. The normalized spacial score (nSPS) is 10.3. The predicted octanol–water partition coefficient (Wildman–Crippen LogP) is 4.06. The van der Waals surface area contributed by atoms with Crippen molar-refractivity contribution in [3.8, 4) is 16.9 Å². The SMILES string of the molecule is CCc1cc(-c2ccc(OC)cc2)ccc1F. The first-order chi connectivity index (χ1) is 8.24. The molecule has 2 aromatic rings. The Bertz CT molecular complexity index is 503. The van der Waals surface area contributed by atoms with Crippen molar-refractivity contribution >= 4 is 0 Å². The summed E-state index contributed by atoms with van der Waals surface area (Å²) in [5.41, 5.74) is 2.85. The first-order valence-corrected chi connectivity index (χ1v) is 5.67. The van der Waals surface area contributed by atoms with E-state index in [0.717, 1.165) is 22.4 Å². The largest absolute Gasteiger partial charge is 0.497 e. The maximum atomic E-state index is 13.4. The van der Waals surface area contributed by atoms with Crippen LogP contribution in [0.4, 0.5) is 4.39 Å². The van der Waals surface area contributed by atoms with Gasteiger partial charge >= 0.3 is 0 Å². The van der Waals surface area contributed by atoms with E-state index in [0.29, 0.717) is 6.42 Å². The lowest BCUT2D eigenvalue weighted by molar-refractivity contribution is 0.415. The maximum Gasteiger partial charge on any atom is 0.126 e. The van der Waals surface area contributed by atoms with Crippen LogP contribution in [0.25, 0.3) is 11.1 Å². The smallest absolute Gasteiger partial charge is 0.126 e. The Labute approximate surface area is 101 Å². The summed E-state index contributed by atoms with van der Waals surface area (Å²) in [6.45, 7) is 1.95. The van der Waals surface area contributed by atoms with Gasteiger partial charge in [0.05, 0.1) is 7.11 Å². The second kappa shape index (κ2) is 5.00. The van der Waals surface area contributed by atoms with E-state index in [4.69, 9.17) is 4.74 Å². The topological polar surface area (TPSA) is 9.23 Å². The number of hydrogen-bond acceptors (Lipinski definition) is 1. The second-order valence-electron chi connectivity index (χ2n) is 3.89. The standard InChI is InChI=1S/C15H15FO/c1-3-11-10-13(6-9-15(11)16)12-4-7-14(17-2)8-5-12/h4-10H,3H2,1-2H3. The lowest BCUT2D eigenvalue weighted by Crippen LogP contribution is -1.89. The van der Waals surface area contributed by atoms with E-state index in [1.165, 1.54) is 6.07 Å². The summed E-state index contributed by atoms with van der Waals surface area (Å²) >= 11 is 0. The number of halogens is 1. The molecule has 0 bridgehead atoms. The van der Waals surface area contributed by atoms with Crippen LogP contribution in [0.5, 0.6) is 5.75 Å². The summed E-state index contributed by atoms with van der Waals surface area (Å²) in [6, 6.07) is 13.0. The summed E-state index contributed by atoms with van der Waals surface area (Å²) < 4.78 is 18.5. The number of benzene rings is 2. The lowest BCUT2D eigenvalue weighted by Gasteiger charge is -2.06. The molecule has 0 atom stereocenters. The van der Waals surface area contributed by atoms with Gasteiger partial charge in [0.2, 0.25) is 0 Å². The average molecular weight is 230 g/mol. The van der Waals surface area contributed by atoms with E-state index in [9.17, 15) is 4.39 Å². The molecule has 0 amide bonds. The highest BCUT2D eigenvalue weighted by molar-refractivity contribution is 5.65. The summed E-state index contributed by atoms with van der Waals surface area (Å²) in [6.07, 6.45) is 0.704. The van der Waals surface area contributed by atoms with Crippen molar-refractivity contribution in [2.75, 3.05) is 7.11 Å².